The zero-order valence-corrected chi connectivity index (χ0v) is 12.0. The van der Waals surface area contributed by atoms with Crippen molar-refractivity contribution in [2.24, 2.45) is 0 Å². The molecule has 0 aliphatic heterocycles. The van der Waals surface area contributed by atoms with Crippen LogP contribution in [0.1, 0.15) is 11.6 Å². The monoisotopic (exact) mass is 334 g/mol. The number of nitrogens with zero attached hydrogens (tertiary/aromatic N) is 3. The summed E-state index contributed by atoms with van der Waals surface area (Å²) >= 11 is 3.46. The van der Waals surface area contributed by atoms with E-state index in [1.165, 1.54) is 6.26 Å². The van der Waals surface area contributed by atoms with Crippen LogP contribution >= 0.6 is 15.9 Å². The summed E-state index contributed by atoms with van der Waals surface area (Å²) in [7, 11) is 0. The first-order valence-electron chi connectivity index (χ1n) is 6.00. The SMILES string of the molecule is Brc1ccccc1-c1nnc(CNCc2ccon2)o1. The van der Waals surface area contributed by atoms with Crippen molar-refractivity contribution >= 4 is 15.9 Å². The molecule has 0 atom stereocenters. The van der Waals surface area contributed by atoms with Crippen molar-refractivity contribution in [3.8, 4) is 11.5 Å². The van der Waals surface area contributed by atoms with Gasteiger partial charge in [-0.3, -0.25) is 0 Å². The van der Waals surface area contributed by atoms with Crippen molar-refractivity contribution in [2.75, 3.05) is 0 Å². The fourth-order valence-corrected chi connectivity index (χ4v) is 2.15. The minimum Gasteiger partial charge on any atom is -0.419 e. The molecule has 0 amide bonds. The Balaban J connectivity index is 1.64. The van der Waals surface area contributed by atoms with Crippen LogP contribution in [0.2, 0.25) is 0 Å². The molecule has 0 saturated carbocycles. The second kappa shape index (κ2) is 5.98. The summed E-state index contributed by atoms with van der Waals surface area (Å²) in [6.45, 7) is 1.06. The van der Waals surface area contributed by atoms with Gasteiger partial charge in [0.2, 0.25) is 11.8 Å². The van der Waals surface area contributed by atoms with Crippen molar-refractivity contribution in [2.45, 2.75) is 13.1 Å². The second-order valence-electron chi connectivity index (χ2n) is 4.08. The zero-order chi connectivity index (χ0) is 13.8. The van der Waals surface area contributed by atoms with Gasteiger partial charge < -0.3 is 14.3 Å². The molecular weight excluding hydrogens is 324 g/mol. The Morgan fingerprint density at radius 3 is 2.80 bits per heavy atom. The Labute approximate surface area is 123 Å². The number of benzene rings is 1. The van der Waals surface area contributed by atoms with E-state index in [2.05, 4.69) is 36.6 Å². The lowest BCUT2D eigenvalue weighted by molar-refractivity contribution is 0.406. The van der Waals surface area contributed by atoms with E-state index in [1.807, 2.05) is 24.3 Å². The third kappa shape index (κ3) is 2.94. The molecule has 0 radical (unpaired) electrons. The number of aromatic nitrogens is 3. The first-order valence-corrected chi connectivity index (χ1v) is 6.79. The highest BCUT2D eigenvalue weighted by atomic mass is 79.9. The average molecular weight is 335 g/mol. The highest BCUT2D eigenvalue weighted by Crippen LogP contribution is 2.26. The van der Waals surface area contributed by atoms with E-state index < -0.39 is 0 Å². The summed E-state index contributed by atoms with van der Waals surface area (Å²) in [6.07, 6.45) is 1.54. The van der Waals surface area contributed by atoms with Crippen LogP contribution in [0, 0.1) is 0 Å². The number of rotatable bonds is 5. The predicted molar refractivity (Wildman–Crippen MR) is 74.5 cm³/mol. The molecule has 0 aliphatic rings. The fraction of sp³-hybridized carbons (Fsp3) is 0.154. The van der Waals surface area contributed by atoms with Gasteiger partial charge in [-0.25, -0.2) is 0 Å². The molecule has 2 heterocycles. The predicted octanol–water partition coefficient (Wildman–Crippen LogP) is 2.78. The number of nitrogens with one attached hydrogen (secondary N) is 1. The lowest BCUT2D eigenvalue weighted by Gasteiger charge is -1.98. The Bertz CT molecular complexity index is 681. The summed E-state index contributed by atoms with van der Waals surface area (Å²) in [6, 6.07) is 9.51. The molecule has 0 spiro atoms. The third-order valence-electron chi connectivity index (χ3n) is 2.64. The van der Waals surface area contributed by atoms with Gasteiger partial charge in [0.25, 0.3) is 0 Å². The van der Waals surface area contributed by atoms with E-state index in [4.69, 9.17) is 8.94 Å². The molecule has 0 aliphatic carbocycles. The topological polar surface area (TPSA) is 77.0 Å². The van der Waals surface area contributed by atoms with Crippen LogP contribution in [0.4, 0.5) is 0 Å². The highest BCUT2D eigenvalue weighted by Gasteiger charge is 2.10. The number of hydrogen-bond acceptors (Lipinski definition) is 6. The summed E-state index contributed by atoms with van der Waals surface area (Å²) in [4.78, 5) is 0. The van der Waals surface area contributed by atoms with Gasteiger partial charge in [0.1, 0.15) is 6.26 Å². The molecule has 7 heteroatoms. The molecule has 102 valence electrons. The molecular formula is C13H11BrN4O2. The Kier molecular flexibility index (Phi) is 3.89. The molecule has 0 bridgehead atoms. The molecule has 20 heavy (non-hydrogen) atoms. The van der Waals surface area contributed by atoms with E-state index in [0.29, 0.717) is 24.9 Å². The van der Waals surface area contributed by atoms with Crippen molar-refractivity contribution in [1.29, 1.82) is 0 Å². The van der Waals surface area contributed by atoms with Gasteiger partial charge in [-0.1, -0.05) is 17.3 Å². The van der Waals surface area contributed by atoms with Crippen molar-refractivity contribution in [1.82, 2.24) is 20.7 Å². The van der Waals surface area contributed by atoms with E-state index in [1.54, 1.807) is 6.07 Å². The van der Waals surface area contributed by atoms with Crippen LogP contribution in [0.5, 0.6) is 0 Å². The van der Waals surface area contributed by atoms with Gasteiger partial charge in [0.05, 0.1) is 17.8 Å². The van der Waals surface area contributed by atoms with Gasteiger partial charge in [0.15, 0.2) is 0 Å². The second-order valence-corrected chi connectivity index (χ2v) is 4.93. The van der Waals surface area contributed by atoms with Crippen molar-refractivity contribution in [3.05, 3.63) is 52.7 Å². The summed E-state index contributed by atoms with van der Waals surface area (Å²) < 4.78 is 11.3. The van der Waals surface area contributed by atoms with Crippen LogP contribution in [0.25, 0.3) is 11.5 Å². The van der Waals surface area contributed by atoms with Crippen LogP contribution < -0.4 is 5.32 Å². The molecule has 3 aromatic rings. The first-order chi connectivity index (χ1) is 9.83. The third-order valence-corrected chi connectivity index (χ3v) is 3.34. The molecule has 3 rings (SSSR count). The molecule has 0 unspecified atom stereocenters. The minimum atomic E-state index is 0.477. The standard InChI is InChI=1S/C13H11BrN4O2/c14-11-4-2-1-3-10(11)13-17-16-12(20-13)8-15-7-9-5-6-19-18-9/h1-6,15H,7-8H2. The van der Waals surface area contributed by atoms with Crippen molar-refractivity contribution in [3.63, 3.8) is 0 Å². The lowest BCUT2D eigenvalue weighted by Crippen LogP contribution is -2.13. The molecule has 2 aromatic heterocycles. The summed E-state index contributed by atoms with van der Waals surface area (Å²) in [5.74, 6) is 1.02. The Morgan fingerprint density at radius 2 is 2.00 bits per heavy atom. The largest absolute Gasteiger partial charge is 0.419 e. The summed E-state index contributed by atoms with van der Waals surface area (Å²) in [5, 5.41) is 15.0. The van der Waals surface area contributed by atoms with E-state index in [9.17, 15) is 0 Å². The summed E-state index contributed by atoms with van der Waals surface area (Å²) in [5.41, 5.74) is 1.71. The van der Waals surface area contributed by atoms with Gasteiger partial charge in [-0.05, 0) is 28.1 Å². The van der Waals surface area contributed by atoms with Crippen LogP contribution in [0.3, 0.4) is 0 Å². The molecule has 0 saturated heterocycles. The number of hydrogen-bond donors (Lipinski definition) is 1. The van der Waals surface area contributed by atoms with Gasteiger partial charge in [-0.2, -0.15) is 0 Å². The maximum absolute atomic E-state index is 5.61. The van der Waals surface area contributed by atoms with Crippen LogP contribution in [0.15, 0.2) is 50.0 Å². The van der Waals surface area contributed by atoms with Gasteiger partial charge in [0, 0.05) is 17.1 Å². The van der Waals surface area contributed by atoms with Crippen LogP contribution in [-0.4, -0.2) is 15.4 Å². The Morgan fingerprint density at radius 1 is 1.10 bits per heavy atom. The van der Waals surface area contributed by atoms with E-state index in [-0.39, 0.29) is 0 Å². The van der Waals surface area contributed by atoms with E-state index in [0.717, 1.165) is 15.7 Å². The Hall–Kier alpha value is -1.99. The number of halogens is 1. The lowest BCUT2D eigenvalue weighted by atomic mass is 10.2. The zero-order valence-electron chi connectivity index (χ0n) is 10.4. The first kappa shape index (κ1) is 13.0. The molecule has 0 fully saturated rings. The quantitative estimate of drug-likeness (QED) is 0.773. The van der Waals surface area contributed by atoms with Crippen LogP contribution in [-0.2, 0) is 13.1 Å². The minimum absolute atomic E-state index is 0.477. The smallest absolute Gasteiger partial charge is 0.248 e. The van der Waals surface area contributed by atoms with Crippen molar-refractivity contribution < 1.29 is 8.94 Å². The normalized spacial score (nSPS) is 10.8. The van der Waals surface area contributed by atoms with Gasteiger partial charge in [-0.15, -0.1) is 10.2 Å². The molecule has 6 nitrogen and oxygen atoms in total. The molecule has 1 N–H and O–H groups in total. The molecule has 1 aromatic carbocycles. The van der Waals surface area contributed by atoms with E-state index >= 15 is 0 Å². The average Bonchev–Trinajstić information content (AvgIpc) is 3.11. The maximum Gasteiger partial charge on any atom is 0.248 e. The van der Waals surface area contributed by atoms with Gasteiger partial charge >= 0.3 is 0 Å². The fourth-order valence-electron chi connectivity index (χ4n) is 1.69. The highest BCUT2D eigenvalue weighted by molar-refractivity contribution is 9.10. The maximum atomic E-state index is 5.61.